The molecular weight excluding hydrogens is 230 g/mol. The Bertz CT molecular complexity index is 544. The molecule has 2 N–H and O–H groups in total. The first-order chi connectivity index (χ1) is 8.39. The lowest BCUT2D eigenvalue weighted by Crippen LogP contribution is -2.44. The zero-order valence-corrected chi connectivity index (χ0v) is 10.4. The number of fused-ring (bicyclic) bond motifs is 1. The van der Waals surface area contributed by atoms with Crippen molar-refractivity contribution in [2.75, 3.05) is 0 Å². The fraction of sp³-hybridized carbons (Fsp3) is 0.286. The molecule has 0 aromatic heterocycles. The number of nitrogens with one attached hydrogen (secondary N) is 1. The summed E-state index contributed by atoms with van der Waals surface area (Å²) in [7, 11) is 0. The number of aliphatic carboxylic acids is 1. The highest BCUT2D eigenvalue weighted by Gasteiger charge is 2.28. The first-order valence-corrected chi connectivity index (χ1v) is 5.74. The molecule has 1 aliphatic heterocycles. The molecule has 0 amide bonds. The summed E-state index contributed by atoms with van der Waals surface area (Å²) in [5.41, 5.74) is 2.39. The van der Waals surface area contributed by atoms with Gasteiger partial charge in [0, 0.05) is 22.9 Å². The third-order valence-electron chi connectivity index (χ3n) is 2.90. The van der Waals surface area contributed by atoms with Gasteiger partial charge in [0.15, 0.2) is 0 Å². The predicted molar refractivity (Wildman–Crippen MR) is 68.0 cm³/mol. The Morgan fingerprint density at radius 1 is 1.33 bits per heavy atom. The van der Waals surface area contributed by atoms with Gasteiger partial charge in [-0.15, -0.1) is 0 Å². The lowest BCUT2D eigenvalue weighted by Gasteiger charge is -2.35. The lowest BCUT2D eigenvalue weighted by molar-refractivity contribution is -0.146. The van der Waals surface area contributed by atoms with E-state index in [1.165, 1.54) is 0 Å². The van der Waals surface area contributed by atoms with Gasteiger partial charge in [-0.05, 0) is 25.8 Å². The molecule has 0 saturated heterocycles. The van der Waals surface area contributed by atoms with Crippen molar-refractivity contribution in [2.45, 2.75) is 25.8 Å². The molecule has 0 unspecified atom stereocenters. The lowest BCUT2D eigenvalue weighted by atomic mass is 9.85. The van der Waals surface area contributed by atoms with E-state index in [4.69, 9.17) is 5.11 Å². The van der Waals surface area contributed by atoms with Crippen LogP contribution in [0.3, 0.4) is 0 Å². The van der Waals surface area contributed by atoms with E-state index in [2.05, 4.69) is 5.32 Å². The Labute approximate surface area is 105 Å². The summed E-state index contributed by atoms with van der Waals surface area (Å²) in [6, 6.07) is 7.70. The van der Waals surface area contributed by atoms with E-state index in [0.29, 0.717) is 5.70 Å². The minimum Gasteiger partial charge on any atom is -0.475 e. The van der Waals surface area contributed by atoms with E-state index in [1.54, 1.807) is 0 Å². The summed E-state index contributed by atoms with van der Waals surface area (Å²) in [5.74, 6) is -2.35. The fourth-order valence-corrected chi connectivity index (χ4v) is 2.20. The van der Waals surface area contributed by atoms with E-state index in [9.17, 15) is 9.59 Å². The number of hydrogen-bond donors (Lipinski definition) is 2. The van der Waals surface area contributed by atoms with Gasteiger partial charge in [-0.3, -0.25) is 4.79 Å². The summed E-state index contributed by atoms with van der Waals surface area (Å²) >= 11 is 0. The van der Waals surface area contributed by atoms with Crippen LogP contribution in [-0.2, 0) is 16.0 Å². The van der Waals surface area contributed by atoms with Crippen LogP contribution >= 0.6 is 0 Å². The van der Waals surface area contributed by atoms with Gasteiger partial charge in [0.2, 0.25) is 0 Å². The first kappa shape index (κ1) is 12.4. The summed E-state index contributed by atoms with van der Waals surface area (Å²) in [5, 5.41) is 11.9. The van der Waals surface area contributed by atoms with Crippen molar-refractivity contribution in [3.63, 3.8) is 0 Å². The molecule has 0 radical (unpaired) electrons. The summed E-state index contributed by atoms with van der Waals surface area (Å²) in [6.07, 6.45) is 1.99. The monoisotopic (exact) mass is 245 g/mol. The maximum absolute atomic E-state index is 11.3. The molecule has 0 saturated carbocycles. The van der Waals surface area contributed by atoms with Crippen LogP contribution < -0.4 is 5.32 Å². The van der Waals surface area contributed by atoms with Gasteiger partial charge in [-0.2, -0.15) is 0 Å². The van der Waals surface area contributed by atoms with Crippen LogP contribution in [0.5, 0.6) is 0 Å². The second-order valence-corrected chi connectivity index (χ2v) is 5.07. The van der Waals surface area contributed by atoms with Crippen LogP contribution in [0.15, 0.2) is 30.3 Å². The highest BCUT2D eigenvalue weighted by molar-refractivity contribution is 6.38. The molecule has 0 fully saturated rings. The van der Waals surface area contributed by atoms with Gasteiger partial charge >= 0.3 is 5.97 Å². The Morgan fingerprint density at radius 2 is 2.00 bits per heavy atom. The molecule has 0 spiro atoms. The maximum atomic E-state index is 11.3. The average molecular weight is 245 g/mol. The van der Waals surface area contributed by atoms with Crippen LogP contribution in [0.4, 0.5) is 0 Å². The van der Waals surface area contributed by atoms with Gasteiger partial charge in [0.25, 0.3) is 5.78 Å². The molecule has 0 atom stereocenters. The second-order valence-electron chi connectivity index (χ2n) is 5.07. The zero-order valence-electron chi connectivity index (χ0n) is 10.4. The largest absolute Gasteiger partial charge is 0.475 e. The topological polar surface area (TPSA) is 66.4 Å². The van der Waals surface area contributed by atoms with E-state index in [0.717, 1.165) is 23.6 Å². The number of carboxylic acid groups (broad SMARTS) is 1. The minimum atomic E-state index is -1.44. The molecule has 1 heterocycles. The van der Waals surface area contributed by atoms with Crippen molar-refractivity contribution in [1.82, 2.24) is 5.32 Å². The number of hydrogen-bond acceptors (Lipinski definition) is 3. The molecule has 18 heavy (non-hydrogen) atoms. The first-order valence-electron chi connectivity index (χ1n) is 5.74. The highest BCUT2D eigenvalue weighted by Crippen LogP contribution is 2.29. The maximum Gasteiger partial charge on any atom is 0.376 e. The summed E-state index contributed by atoms with van der Waals surface area (Å²) in [4.78, 5) is 21.9. The van der Waals surface area contributed by atoms with Gasteiger partial charge in [0.05, 0.1) is 0 Å². The van der Waals surface area contributed by atoms with Crippen molar-refractivity contribution in [3.05, 3.63) is 41.5 Å². The predicted octanol–water partition coefficient (Wildman–Crippen LogP) is 1.61. The Balaban J connectivity index is 2.48. The highest BCUT2D eigenvalue weighted by atomic mass is 16.4. The SMILES string of the molecule is CC1(C)Cc2ccccc2C(=CC(=O)C(=O)O)N1. The smallest absolute Gasteiger partial charge is 0.376 e. The van der Waals surface area contributed by atoms with Crippen LogP contribution in [0.25, 0.3) is 5.70 Å². The van der Waals surface area contributed by atoms with Crippen LogP contribution in [-0.4, -0.2) is 22.4 Å². The molecule has 2 rings (SSSR count). The van der Waals surface area contributed by atoms with Crippen molar-refractivity contribution in [2.24, 2.45) is 0 Å². The van der Waals surface area contributed by atoms with Crippen molar-refractivity contribution < 1.29 is 14.7 Å². The van der Waals surface area contributed by atoms with Crippen molar-refractivity contribution in [3.8, 4) is 0 Å². The van der Waals surface area contributed by atoms with Gasteiger partial charge in [-0.25, -0.2) is 4.79 Å². The van der Waals surface area contributed by atoms with Crippen LogP contribution in [0.1, 0.15) is 25.0 Å². The van der Waals surface area contributed by atoms with E-state index < -0.39 is 11.8 Å². The Morgan fingerprint density at radius 3 is 2.67 bits per heavy atom. The van der Waals surface area contributed by atoms with E-state index in [1.807, 2.05) is 38.1 Å². The summed E-state index contributed by atoms with van der Waals surface area (Å²) < 4.78 is 0. The average Bonchev–Trinajstić information content (AvgIpc) is 2.27. The second kappa shape index (κ2) is 4.29. The normalized spacial score (nSPS) is 18.9. The number of ketones is 1. The number of carbonyl (C=O) groups is 2. The van der Waals surface area contributed by atoms with Crippen LogP contribution in [0, 0.1) is 0 Å². The van der Waals surface area contributed by atoms with Crippen molar-refractivity contribution in [1.29, 1.82) is 0 Å². The number of carbonyl (C=O) groups excluding carboxylic acids is 1. The molecule has 1 aromatic rings. The quantitative estimate of drug-likeness (QED) is 0.613. The molecule has 1 aromatic carbocycles. The summed E-state index contributed by atoms with van der Waals surface area (Å²) in [6.45, 7) is 4.03. The molecule has 1 aliphatic rings. The van der Waals surface area contributed by atoms with Gasteiger partial charge in [0.1, 0.15) is 0 Å². The third-order valence-corrected chi connectivity index (χ3v) is 2.90. The third kappa shape index (κ3) is 2.42. The fourth-order valence-electron chi connectivity index (χ4n) is 2.20. The van der Waals surface area contributed by atoms with Crippen molar-refractivity contribution >= 4 is 17.4 Å². The molecule has 4 nitrogen and oxygen atoms in total. The number of carboxylic acids is 1. The number of benzene rings is 1. The zero-order chi connectivity index (χ0) is 13.3. The van der Waals surface area contributed by atoms with Gasteiger partial charge in [-0.1, -0.05) is 24.3 Å². The molecule has 4 heteroatoms. The van der Waals surface area contributed by atoms with Gasteiger partial charge < -0.3 is 10.4 Å². The van der Waals surface area contributed by atoms with Crippen LogP contribution in [0.2, 0.25) is 0 Å². The minimum absolute atomic E-state index is 0.195. The standard InChI is InChI=1S/C14H15NO3/c1-14(2)8-9-5-3-4-6-10(9)11(15-14)7-12(16)13(17)18/h3-7,15H,8H2,1-2H3,(H,17,18). The number of rotatable bonds is 2. The molecule has 0 aliphatic carbocycles. The molecule has 0 bridgehead atoms. The Hall–Kier alpha value is -2.10. The Kier molecular flexibility index (Phi) is 2.95. The van der Waals surface area contributed by atoms with E-state index in [-0.39, 0.29) is 5.54 Å². The van der Waals surface area contributed by atoms with E-state index >= 15 is 0 Å². The molecular formula is C14H15NO3. The molecule has 94 valence electrons.